The second-order valence-electron chi connectivity index (χ2n) is 5.71. The van der Waals surface area contributed by atoms with Gasteiger partial charge in [-0.2, -0.15) is 0 Å². The van der Waals surface area contributed by atoms with Crippen LogP contribution >= 0.6 is 0 Å². The van der Waals surface area contributed by atoms with Gasteiger partial charge in [-0.15, -0.1) is 0 Å². The Bertz CT molecular complexity index is 422. The summed E-state index contributed by atoms with van der Waals surface area (Å²) in [5.41, 5.74) is 2.81. The SMILES string of the molecule is CCCCC(NCCC1=CCCC1)c1ccc(F)cc1. The maximum absolute atomic E-state index is 13.0. The molecular weight excluding hydrogens is 249 g/mol. The number of nitrogens with one attached hydrogen (secondary N) is 1. The number of halogens is 1. The number of hydrogen-bond donors (Lipinski definition) is 1. The number of unbranched alkanes of at least 4 members (excludes halogenated alkanes) is 1. The monoisotopic (exact) mass is 275 g/mol. The van der Waals surface area contributed by atoms with Gasteiger partial charge in [0, 0.05) is 6.04 Å². The highest BCUT2D eigenvalue weighted by molar-refractivity contribution is 5.20. The molecule has 0 fully saturated rings. The molecule has 0 saturated heterocycles. The van der Waals surface area contributed by atoms with Crippen LogP contribution in [0.4, 0.5) is 4.39 Å². The average Bonchev–Trinajstić information content (AvgIpc) is 2.97. The van der Waals surface area contributed by atoms with E-state index in [1.54, 1.807) is 17.7 Å². The van der Waals surface area contributed by atoms with E-state index in [0.29, 0.717) is 6.04 Å². The first-order valence-corrected chi connectivity index (χ1v) is 7.96. The van der Waals surface area contributed by atoms with E-state index in [-0.39, 0.29) is 5.82 Å². The predicted molar refractivity (Wildman–Crippen MR) is 83.2 cm³/mol. The Morgan fingerprint density at radius 1 is 1.25 bits per heavy atom. The third-order valence-electron chi connectivity index (χ3n) is 4.09. The lowest BCUT2D eigenvalue weighted by atomic mass is 10.0. The van der Waals surface area contributed by atoms with Crippen LogP contribution in [-0.4, -0.2) is 6.54 Å². The van der Waals surface area contributed by atoms with E-state index in [2.05, 4.69) is 18.3 Å². The van der Waals surface area contributed by atoms with Gasteiger partial charge in [-0.1, -0.05) is 43.5 Å². The van der Waals surface area contributed by atoms with Crippen molar-refractivity contribution in [2.24, 2.45) is 0 Å². The van der Waals surface area contributed by atoms with Gasteiger partial charge in [0.15, 0.2) is 0 Å². The maximum Gasteiger partial charge on any atom is 0.123 e. The summed E-state index contributed by atoms with van der Waals surface area (Å²) in [6, 6.07) is 7.32. The average molecular weight is 275 g/mol. The summed E-state index contributed by atoms with van der Waals surface area (Å²) in [7, 11) is 0. The summed E-state index contributed by atoms with van der Waals surface area (Å²) in [6.07, 6.45) is 10.9. The van der Waals surface area contributed by atoms with Crippen molar-refractivity contribution >= 4 is 0 Å². The molecule has 20 heavy (non-hydrogen) atoms. The highest BCUT2D eigenvalue weighted by Crippen LogP contribution is 2.22. The molecule has 1 aromatic carbocycles. The van der Waals surface area contributed by atoms with Crippen molar-refractivity contribution in [2.75, 3.05) is 6.54 Å². The maximum atomic E-state index is 13.0. The number of hydrogen-bond acceptors (Lipinski definition) is 1. The largest absolute Gasteiger partial charge is 0.310 e. The van der Waals surface area contributed by atoms with Gasteiger partial charge in [-0.25, -0.2) is 4.39 Å². The topological polar surface area (TPSA) is 12.0 Å². The van der Waals surface area contributed by atoms with Crippen LogP contribution < -0.4 is 5.32 Å². The second-order valence-corrected chi connectivity index (χ2v) is 5.71. The Morgan fingerprint density at radius 3 is 2.70 bits per heavy atom. The molecule has 110 valence electrons. The van der Waals surface area contributed by atoms with E-state index in [4.69, 9.17) is 0 Å². The van der Waals surface area contributed by atoms with E-state index in [1.807, 2.05) is 12.1 Å². The summed E-state index contributed by atoms with van der Waals surface area (Å²) in [5.74, 6) is -0.154. The van der Waals surface area contributed by atoms with Crippen molar-refractivity contribution in [1.29, 1.82) is 0 Å². The molecule has 0 heterocycles. The number of allylic oxidation sites excluding steroid dienone is 1. The van der Waals surface area contributed by atoms with E-state index < -0.39 is 0 Å². The smallest absolute Gasteiger partial charge is 0.123 e. The zero-order valence-electron chi connectivity index (χ0n) is 12.5. The number of benzene rings is 1. The van der Waals surface area contributed by atoms with Crippen molar-refractivity contribution in [1.82, 2.24) is 5.32 Å². The van der Waals surface area contributed by atoms with Gasteiger partial charge in [-0.05, 0) is 56.3 Å². The number of rotatable bonds is 8. The summed E-state index contributed by atoms with van der Waals surface area (Å²) in [6.45, 7) is 3.24. The fourth-order valence-corrected chi connectivity index (χ4v) is 2.86. The van der Waals surface area contributed by atoms with Crippen LogP contribution in [0.15, 0.2) is 35.9 Å². The lowest BCUT2D eigenvalue weighted by Crippen LogP contribution is -2.22. The molecule has 0 amide bonds. The third kappa shape index (κ3) is 4.75. The van der Waals surface area contributed by atoms with Gasteiger partial charge in [0.25, 0.3) is 0 Å². The standard InChI is InChI=1S/C18H26FN/c1-2-3-8-18(16-9-11-17(19)12-10-16)20-14-13-15-6-4-5-7-15/h6,9-12,18,20H,2-5,7-8,13-14H2,1H3. The molecule has 0 bridgehead atoms. The van der Waals surface area contributed by atoms with Crippen molar-refractivity contribution in [3.05, 3.63) is 47.3 Å². The molecule has 0 radical (unpaired) electrons. The Morgan fingerprint density at radius 2 is 2.05 bits per heavy atom. The molecule has 1 nitrogen and oxygen atoms in total. The molecule has 1 N–H and O–H groups in total. The van der Waals surface area contributed by atoms with Crippen LogP contribution in [0.25, 0.3) is 0 Å². The fourth-order valence-electron chi connectivity index (χ4n) is 2.86. The van der Waals surface area contributed by atoms with Crippen molar-refractivity contribution in [3.8, 4) is 0 Å². The summed E-state index contributed by atoms with van der Waals surface area (Å²) < 4.78 is 13.0. The minimum atomic E-state index is -0.154. The van der Waals surface area contributed by atoms with E-state index in [1.165, 1.54) is 37.7 Å². The predicted octanol–water partition coefficient (Wildman–Crippen LogP) is 5.15. The minimum Gasteiger partial charge on any atom is -0.310 e. The Kier molecular flexibility index (Phi) is 6.25. The summed E-state index contributed by atoms with van der Waals surface area (Å²) in [4.78, 5) is 0. The zero-order chi connectivity index (χ0) is 14.2. The Hall–Kier alpha value is -1.15. The normalized spacial score (nSPS) is 16.2. The second kappa shape index (κ2) is 8.21. The van der Waals surface area contributed by atoms with Gasteiger partial charge in [0.05, 0.1) is 0 Å². The molecule has 2 heteroatoms. The van der Waals surface area contributed by atoms with Crippen LogP contribution in [-0.2, 0) is 0 Å². The molecule has 2 rings (SSSR count). The van der Waals surface area contributed by atoms with E-state index in [9.17, 15) is 4.39 Å². The Balaban J connectivity index is 1.87. The van der Waals surface area contributed by atoms with Crippen LogP contribution in [0.1, 0.15) is 63.5 Å². The minimum absolute atomic E-state index is 0.154. The molecule has 0 spiro atoms. The van der Waals surface area contributed by atoms with Gasteiger partial charge < -0.3 is 5.32 Å². The summed E-state index contributed by atoms with van der Waals surface area (Å²) >= 11 is 0. The first-order chi connectivity index (χ1) is 9.79. The molecule has 0 aromatic heterocycles. The summed E-state index contributed by atoms with van der Waals surface area (Å²) in [5, 5.41) is 3.65. The lowest BCUT2D eigenvalue weighted by molar-refractivity contribution is 0.482. The first kappa shape index (κ1) is 15.2. The van der Waals surface area contributed by atoms with Gasteiger partial charge in [0.1, 0.15) is 5.82 Å². The van der Waals surface area contributed by atoms with Crippen LogP contribution in [0.3, 0.4) is 0 Å². The zero-order valence-corrected chi connectivity index (χ0v) is 12.5. The molecule has 1 atom stereocenters. The molecule has 0 saturated carbocycles. The van der Waals surface area contributed by atoms with Crippen LogP contribution in [0, 0.1) is 5.82 Å². The fraction of sp³-hybridized carbons (Fsp3) is 0.556. The van der Waals surface area contributed by atoms with Gasteiger partial charge in [0.2, 0.25) is 0 Å². The van der Waals surface area contributed by atoms with Crippen LogP contribution in [0.5, 0.6) is 0 Å². The third-order valence-corrected chi connectivity index (χ3v) is 4.09. The molecule has 1 aliphatic rings. The molecule has 0 aliphatic heterocycles. The first-order valence-electron chi connectivity index (χ1n) is 7.96. The lowest BCUT2D eigenvalue weighted by Gasteiger charge is -2.19. The van der Waals surface area contributed by atoms with Crippen molar-refractivity contribution < 1.29 is 4.39 Å². The van der Waals surface area contributed by atoms with Gasteiger partial charge >= 0.3 is 0 Å². The molecule has 1 aliphatic carbocycles. The van der Waals surface area contributed by atoms with Gasteiger partial charge in [-0.3, -0.25) is 0 Å². The van der Waals surface area contributed by atoms with Crippen molar-refractivity contribution in [3.63, 3.8) is 0 Å². The highest BCUT2D eigenvalue weighted by Gasteiger charge is 2.11. The van der Waals surface area contributed by atoms with Crippen LogP contribution in [0.2, 0.25) is 0 Å². The van der Waals surface area contributed by atoms with E-state index in [0.717, 1.165) is 19.4 Å². The highest BCUT2D eigenvalue weighted by atomic mass is 19.1. The molecular formula is C18H26FN. The van der Waals surface area contributed by atoms with Crippen molar-refractivity contribution in [2.45, 2.75) is 57.9 Å². The van der Waals surface area contributed by atoms with E-state index >= 15 is 0 Å². The molecule has 1 unspecified atom stereocenters. The Labute approximate surface area is 122 Å². The molecule has 1 aromatic rings. The quantitative estimate of drug-likeness (QED) is 0.647.